The van der Waals surface area contributed by atoms with Gasteiger partial charge in [-0.1, -0.05) is 36.1 Å². The molecule has 20 heavy (non-hydrogen) atoms. The van der Waals surface area contributed by atoms with E-state index in [-0.39, 0.29) is 0 Å². The molecule has 1 aromatic carbocycles. The molecule has 0 saturated heterocycles. The second-order valence-electron chi connectivity index (χ2n) is 3.98. The molecule has 104 valence electrons. The second kappa shape index (κ2) is 6.02. The van der Waals surface area contributed by atoms with Crippen LogP contribution in [-0.2, 0) is 4.79 Å². The summed E-state index contributed by atoms with van der Waals surface area (Å²) >= 11 is 6.00. The van der Waals surface area contributed by atoms with E-state index in [0.29, 0.717) is 16.1 Å². The normalized spacial score (nSPS) is 12.1. The first-order valence-corrected chi connectivity index (χ1v) is 6.96. The lowest BCUT2D eigenvalue weighted by atomic mass is 10.1. The SMILES string of the molecule is C[C@H](Sc1nnc(-c2ccc(C(N)=S)cc2)o1)C(N)=O. The third-order valence-corrected chi connectivity index (χ3v) is 3.69. The molecule has 0 aliphatic rings. The van der Waals surface area contributed by atoms with Crippen molar-refractivity contribution < 1.29 is 9.21 Å². The number of hydrogen-bond donors (Lipinski definition) is 2. The fourth-order valence-electron chi connectivity index (χ4n) is 1.36. The number of primary amides is 1. The van der Waals surface area contributed by atoms with E-state index in [2.05, 4.69) is 10.2 Å². The zero-order valence-corrected chi connectivity index (χ0v) is 12.2. The van der Waals surface area contributed by atoms with Gasteiger partial charge in [-0.05, 0) is 19.1 Å². The molecule has 6 nitrogen and oxygen atoms in total. The predicted molar refractivity (Wildman–Crippen MR) is 80.1 cm³/mol. The fourth-order valence-corrected chi connectivity index (χ4v) is 2.13. The molecule has 0 radical (unpaired) electrons. The van der Waals surface area contributed by atoms with Crippen molar-refractivity contribution in [3.05, 3.63) is 29.8 Å². The lowest BCUT2D eigenvalue weighted by molar-refractivity contribution is -0.117. The van der Waals surface area contributed by atoms with Crippen molar-refractivity contribution in [2.45, 2.75) is 17.4 Å². The molecule has 0 aliphatic heterocycles. The molecule has 0 saturated carbocycles. The molecule has 0 unspecified atom stereocenters. The van der Waals surface area contributed by atoms with Gasteiger partial charge in [0.1, 0.15) is 4.99 Å². The fraction of sp³-hybridized carbons (Fsp3) is 0.167. The third kappa shape index (κ3) is 3.34. The molecule has 1 aromatic heterocycles. The van der Waals surface area contributed by atoms with Crippen molar-refractivity contribution in [1.29, 1.82) is 0 Å². The Morgan fingerprint density at radius 3 is 2.50 bits per heavy atom. The van der Waals surface area contributed by atoms with Crippen LogP contribution in [0.5, 0.6) is 0 Å². The van der Waals surface area contributed by atoms with Crippen molar-refractivity contribution in [1.82, 2.24) is 10.2 Å². The van der Waals surface area contributed by atoms with E-state index >= 15 is 0 Å². The van der Waals surface area contributed by atoms with Crippen LogP contribution in [0.25, 0.3) is 11.5 Å². The Kier molecular flexibility index (Phi) is 4.35. The van der Waals surface area contributed by atoms with Crippen molar-refractivity contribution in [3.63, 3.8) is 0 Å². The van der Waals surface area contributed by atoms with Crippen LogP contribution in [0, 0.1) is 0 Å². The molecule has 0 bridgehead atoms. The highest BCUT2D eigenvalue weighted by molar-refractivity contribution is 8.00. The van der Waals surface area contributed by atoms with Crippen LogP contribution in [0.2, 0.25) is 0 Å². The molecule has 0 aliphatic carbocycles. The summed E-state index contributed by atoms with van der Waals surface area (Å²) in [6, 6.07) is 7.13. The summed E-state index contributed by atoms with van der Waals surface area (Å²) in [5.74, 6) is -0.0748. The van der Waals surface area contributed by atoms with E-state index in [1.807, 2.05) is 0 Å². The zero-order valence-electron chi connectivity index (χ0n) is 10.6. The van der Waals surface area contributed by atoms with Crippen LogP contribution in [0.4, 0.5) is 0 Å². The molecular formula is C12H12N4O2S2. The van der Waals surface area contributed by atoms with Crippen LogP contribution in [0.3, 0.4) is 0 Å². The summed E-state index contributed by atoms with van der Waals surface area (Å²) < 4.78 is 5.46. The zero-order chi connectivity index (χ0) is 14.7. The standard InChI is InChI=1S/C12H12N4O2S2/c1-6(9(13)17)20-12-16-15-11(18-12)8-4-2-7(3-5-8)10(14)19/h2-6H,1H3,(H2,13,17)(H2,14,19)/t6-/m0/s1. The first-order valence-electron chi connectivity index (χ1n) is 5.67. The van der Waals surface area contributed by atoms with Crippen molar-refractivity contribution >= 4 is 34.9 Å². The Morgan fingerprint density at radius 1 is 1.30 bits per heavy atom. The largest absolute Gasteiger partial charge is 0.411 e. The van der Waals surface area contributed by atoms with Crippen LogP contribution in [0.1, 0.15) is 12.5 Å². The molecule has 1 atom stereocenters. The summed E-state index contributed by atoms with van der Waals surface area (Å²) in [4.78, 5) is 11.3. The quantitative estimate of drug-likeness (QED) is 0.633. The Labute approximate surface area is 124 Å². The highest BCUT2D eigenvalue weighted by Crippen LogP contribution is 2.26. The van der Waals surface area contributed by atoms with Gasteiger partial charge in [-0.15, -0.1) is 10.2 Å². The summed E-state index contributed by atoms with van der Waals surface area (Å²) in [6.45, 7) is 1.67. The number of nitrogens with zero attached hydrogens (tertiary/aromatic N) is 2. The van der Waals surface area contributed by atoms with Gasteiger partial charge in [0.25, 0.3) is 5.22 Å². The minimum absolute atomic E-state index is 0.296. The average Bonchev–Trinajstić information content (AvgIpc) is 2.87. The molecule has 1 heterocycles. The Bertz CT molecular complexity index is 639. The van der Waals surface area contributed by atoms with E-state index in [1.165, 1.54) is 0 Å². The van der Waals surface area contributed by atoms with E-state index in [4.69, 9.17) is 28.1 Å². The van der Waals surface area contributed by atoms with Crippen molar-refractivity contribution in [3.8, 4) is 11.5 Å². The van der Waals surface area contributed by atoms with Gasteiger partial charge >= 0.3 is 0 Å². The van der Waals surface area contributed by atoms with Gasteiger partial charge in [0, 0.05) is 11.1 Å². The van der Waals surface area contributed by atoms with Crippen LogP contribution < -0.4 is 11.5 Å². The number of hydrogen-bond acceptors (Lipinski definition) is 6. The van der Waals surface area contributed by atoms with Gasteiger partial charge in [0.15, 0.2) is 0 Å². The molecule has 2 rings (SSSR count). The van der Waals surface area contributed by atoms with Gasteiger partial charge in [-0.2, -0.15) is 0 Å². The minimum Gasteiger partial charge on any atom is -0.411 e. The Hall–Kier alpha value is -1.93. The predicted octanol–water partition coefficient (Wildman–Crippen LogP) is 1.34. The first-order chi connectivity index (χ1) is 9.47. The number of rotatable bonds is 5. The summed E-state index contributed by atoms with van der Waals surface area (Å²) in [5.41, 5.74) is 12.2. The van der Waals surface area contributed by atoms with Gasteiger partial charge < -0.3 is 15.9 Å². The highest BCUT2D eigenvalue weighted by atomic mass is 32.2. The number of thiocarbonyl (C=S) groups is 1. The summed E-state index contributed by atoms with van der Waals surface area (Å²) in [6.07, 6.45) is 0. The number of aromatic nitrogens is 2. The molecular weight excluding hydrogens is 296 g/mol. The maximum atomic E-state index is 11.0. The third-order valence-electron chi connectivity index (χ3n) is 2.50. The smallest absolute Gasteiger partial charge is 0.277 e. The van der Waals surface area contributed by atoms with Crippen molar-refractivity contribution in [2.24, 2.45) is 11.5 Å². The maximum absolute atomic E-state index is 11.0. The van der Waals surface area contributed by atoms with Crippen LogP contribution in [0.15, 0.2) is 33.9 Å². The number of benzene rings is 1. The minimum atomic E-state index is -0.435. The van der Waals surface area contributed by atoms with E-state index in [0.717, 1.165) is 22.9 Å². The second-order valence-corrected chi connectivity index (χ2v) is 5.71. The van der Waals surface area contributed by atoms with E-state index < -0.39 is 11.2 Å². The van der Waals surface area contributed by atoms with Gasteiger partial charge in [-0.25, -0.2) is 0 Å². The number of nitrogens with two attached hydrogens (primary N) is 2. The molecule has 2 aromatic rings. The summed E-state index contributed by atoms with van der Waals surface area (Å²) in [7, 11) is 0. The lowest BCUT2D eigenvalue weighted by Crippen LogP contribution is -2.22. The number of carbonyl (C=O) groups excluding carboxylic acids is 1. The molecule has 0 fully saturated rings. The maximum Gasteiger partial charge on any atom is 0.277 e. The topological polar surface area (TPSA) is 108 Å². The van der Waals surface area contributed by atoms with Gasteiger partial charge in [0.2, 0.25) is 11.8 Å². The average molecular weight is 308 g/mol. The highest BCUT2D eigenvalue weighted by Gasteiger charge is 2.16. The first kappa shape index (κ1) is 14.5. The van der Waals surface area contributed by atoms with Crippen molar-refractivity contribution in [2.75, 3.05) is 0 Å². The number of amides is 1. The van der Waals surface area contributed by atoms with Crippen LogP contribution in [-0.4, -0.2) is 26.3 Å². The van der Waals surface area contributed by atoms with Gasteiger partial charge in [-0.3, -0.25) is 4.79 Å². The van der Waals surface area contributed by atoms with E-state index in [9.17, 15) is 4.79 Å². The van der Waals surface area contributed by atoms with Crippen LogP contribution >= 0.6 is 24.0 Å². The number of carbonyl (C=O) groups is 1. The Balaban J connectivity index is 2.16. The monoisotopic (exact) mass is 308 g/mol. The number of thioether (sulfide) groups is 1. The molecule has 4 N–H and O–H groups in total. The lowest BCUT2D eigenvalue weighted by Gasteiger charge is -2.01. The summed E-state index contributed by atoms with van der Waals surface area (Å²) in [5, 5.41) is 7.65. The molecule has 8 heteroatoms. The molecule has 1 amide bonds. The molecule has 0 spiro atoms. The Morgan fingerprint density at radius 2 is 1.95 bits per heavy atom. The van der Waals surface area contributed by atoms with E-state index in [1.54, 1.807) is 31.2 Å². The van der Waals surface area contributed by atoms with Gasteiger partial charge in [0.05, 0.1) is 5.25 Å².